The van der Waals surface area contributed by atoms with Crippen molar-refractivity contribution in [1.29, 1.82) is 0 Å². The van der Waals surface area contributed by atoms with Crippen molar-refractivity contribution in [2.45, 2.75) is 32.4 Å². The molecule has 1 amide bonds. The molecule has 0 aliphatic carbocycles. The van der Waals surface area contributed by atoms with Crippen LogP contribution in [0, 0.1) is 11.8 Å². The van der Waals surface area contributed by atoms with Gasteiger partial charge in [0.15, 0.2) is 0 Å². The van der Waals surface area contributed by atoms with E-state index in [1.807, 2.05) is 36.1 Å². The molecule has 1 aromatic heterocycles. The molecule has 0 N–H and O–H groups in total. The van der Waals surface area contributed by atoms with Gasteiger partial charge in [-0.05, 0) is 37.3 Å². The second-order valence-electron chi connectivity index (χ2n) is 6.84. The van der Waals surface area contributed by atoms with Crippen LogP contribution in [0.1, 0.15) is 27.2 Å². The van der Waals surface area contributed by atoms with Gasteiger partial charge in [0.05, 0.1) is 17.9 Å². The number of amides is 1. The van der Waals surface area contributed by atoms with Crippen LogP contribution in [0.15, 0.2) is 33.9 Å². The molecule has 26 heavy (non-hydrogen) atoms. The number of thioether (sulfide) groups is 1. The fraction of sp³-hybridized carbons (Fsp3) is 0.526. The van der Waals surface area contributed by atoms with Gasteiger partial charge >= 0.3 is 0 Å². The van der Waals surface area contributed by atoms with Crippen molar-refractivity contribution >= 4 is 17.7 Å². The summed E-state index contributed by atoms with van der Waals surface area (Å²) in [5.74, 6) is 2.67. The summed E-state index contributed by atoms with van der Waals surface area (Å²) in [4.78, 5) is 14.4. The quantitative estimate of drug-likeness (QED) is 0.717. The van der Waals surface area contributed by atoms with Crippen molar-refractivity contribution in [1.82, 2.24) is 15.1 Å². The van der Waals surface area contributed by atoms with Gasteiger partial charge < -0.3 is 14.1 Å². The number of nitrogens with zero attached hydrogens (tertiary/aromatic N) is 3. The molecule has 0 spiro atoms. The number of benzene rings is 1. The first kappa shape index (κ1) is 18.8. The maximum atomic E-state index is 12.5. The van der Waals surface area contributed by atoms with Crippen molar-refractivity contribution in [2.75, 3.05) is 25.4 Å². The molecular weight excluding hydrogens is 350 g/mol. The fourth-order valence-electron chi connectivity index (χ4n) is 3.38. The van der Waals surface area contributed by atoms with Crippen molar-refractivity contribution in [2.24, 2.45) is 11.8 Å². The van der Waals surface area contributed by atoms with Crippen LogP contribution in [0.25, 0.3) is 11.5 Å². The van der Waals surface area contributed by atoms with Crippen molar-refractivity contribution < 1.29 is 13.9 Å². The highest BCUT2D eigenvalue weighted by molar-refractivity contribution is 7.99. The van der Waals surface area contributed by atoms with Crippen LogP contribution in [0.5, 0.6) is 5.75 Å². The van der Waals surface area contributed by atoms with E-state index in [0.717, 1.165) is 18.7 Å². The smallest absolute Gasteiger partial charge is 0.277 e. The Hall–Kier alpha value is -2.02. The molecule has 2 aromatic rings. The molecule has 0 bridgehead atoms. The molecule has 6 nitrogen and oxygen atoms in total. The first-order valence-corrected chi connectivity index (χ1v) is 10.0. The predicted molar refractivity (Wildman–Crippen MR) is 101 cm³/mol. The zero-order chi connectivity index (χ0) is 18.5. The first-order valence-electron chi connectivity index (χ1n) is 9.03. The van der Waals surface area contributed by atoms with Crippen LogP contribution >= 0.6 is 11.8 Å². The maximum absolute atomic E-state index is 12.5. The van der Waals surface area contributed by atoms with E-state index in [4.69, 9.17) is 9.15 Å². The molecule has 0 radical (unpaired) electrons. The summed E-state index contributed by atoms with van der Waals surface area (Å²) in [6, 6.07) is 7.56. The predicted octanol–water partition coefficient (Wildman–Crippen LogP) is 3.73. The van der Waals surface area contributed by atoms with E-state index in [-0.39, 0.29) is 5.91 Å². The average Bonchev–Trinajstić information content (AvgIpc) is 3.08. The zero-order valence-corrected chi connectivity index (χ0v) is 16.3. The highest BCUT2D eigenvalue weighted by Gasteiger charge is 2.25. The van der Waals surface area contributed by atoms with Gasteiger partial charge in [-0.25, -0.2) is 0 Å². The van der Waals surface area contributed by atoms with Crippen LogP contribution in [0.4, 0.5) is 0 Å². The van der Waals surface area contributed by atoms with E-state index >= 15 is 0 Å². The Balaban J connectivity index is 1.61. The lowest BCUT2D eigenvalue weighted by atomic mass is 9.92. The van der Waals surface area contributed by atoms with E-state index in [1.54, 1.807) is 0 Å². The molecule has 2 unspecified atom stereocenters. The monoisotopic (exact) mass is 375 g/mol. The summed E-state index contributed by atoms with van der Waals surface area (Å²) in [7, 11) is 0. The highest BCUT2D eigenvalue weighted by Crippen LogP contribution is 2.31. The Morgan fingerprint density at radius 3 is 2.73 bits per heavy atom. The van der Waals surface area contributed by atoms with E-state index in [0.29, 0.717) is 41.1 Å². The Morgan fingerprint density at radius 1 is 1.27 bits per heavy atom. The number of para-hydroxylation sites is 1. The molecule has 3 rings (SSSR count). The minimum absolute atomic E-state index is 0.128. The molecule has 1 aromatic carbocycles. The van der Waals surface area contributed by atoms with Crippen LogP contribution in [0.2, 0.25) is 0 Å². The summed E-state index contributed by atoms with van der Waals surface area (Å²) >= 11 is 1.29. The molecule has 0 saturated carbocycles. The third-order valence-corrected chi connectivity index (χ3v) is 5.17. The third-order valence-electron chi connectivity index (χ3n) is 4.36. The normalized spacial score (nSPS) is 20.2. The van der Waals surface area contributed by atoms with Crippen molar-refractivity contribution in [3.63, 3.8) is 0 Å². The number of carbonyl (C=O) groups is 1. The topological polar surface area (TPSA) is 68.5 Å². The van der Waals surface area contributed by atoms with Crippen LogP contribution in [-0.4, -0.2) is 46.5 Å². The Bertz CT molecular complexity index is 739. The molecule has 1 saturated heterocycles. The summed E-state index contributed by atoms with van der Waals surface area (Å²) < 4.78 is 11.3. The number of hydrogen-bond acceptors (Lipinski definition) is 6. The van der Waals surface area contributed by atoms with Gasteiger partial charge in [0.2, 0.25) is 5.91 Å². The third kappa shape index (κ3) is 4.58. The van der Waals surface area contributed by atoms with Crippen LogP contribution in [0.3, 0.4) is 0 Å². The molecule has 140 valence electrons. The average molecular weight is 375 g/mol. The largest absolute Gasteiger partial charge is 0.493 e. The number of aromatic nitrogens is 2. The maximum Gasteiger partial charge on any atom is 0.277 e. The summed E-state index contributed by atoms with van der Waals surface area (Å²) in [5, 5.41) is 8.56. The van der Waals surface area contributed by atoms with Gasteiger partial charge in [-0.2, -0.15) is 0 Å². The van der Waals surface area contributed by atoms with E-state index in [9.17, 15) is 4.79 Å². The minimum Gasteiger partial charge on any atom is -0.493 e. The fourth-order valence-corrected chi connectivity index (χ4v) is 4.05. The second-order valence-corrected chi connectivity index (χ2v) is 7.76. The molecule has 2 atom stereocenters. The lowest BCUT2D eigenvalue weighted by Gasteiger charge is -2.34. The number of ether oxygens (including phenoxy) is 1. The standard InChI is InChI=1S/C19H25N3O3S/c1-4-24-16-8-6-5-7-15(16)18-20-21-19(25-18)26-12-17(23)22-10-13(2)9-14(3)11-22/h5-8,13-14H,4,9-12H2,1-3H3. The van der Waals surface area contributed by atoms with Crippen molar-refractivity contribution in [3.05, 3.63) is 24.3 Å². The van der Waals surface area contributed by atoms with Gasteiger partial charge in [0.25, 0.3) is 11.1 Å². The Labute approximate surface area is 158 Å². The van der Waals surface area contributed by atoms with Crippen molar-refractivity contribution in [3.8, 4) is 17.2 Å². The van der Waals surface area contributed by atoms with Gasteiger partial charge in [-0.15, -0.1) is 10.2 Å². The number of rotatable bonds is 6. The molecular formula is C19H25N3O3S. The van der Waals surface area contributed by atoms with Gasteiger partial charge in [0, 0.05) is 13.1 Å². The molecule has 2 heterocycles. The molecule has 7 heteroatoms. The second kappa shape index (κ2) is 8.58. The van der Waals surface area contributed by atoms with E-state index in [2.05, 4.69) is 24.0 Å². The highest BCUT2D eigenvalue weighted by atomic mass is 32.2. The minimum atomic E-state index is 0.128. The Morgan fingerprint density at radius 2 is 2.00 bits per heavy atom. The van der Waals surface area contributed by atoms with Gasteiger partial charge in [-0.1, -0.05) is 37.7 Å². The lowest BCUT2D eigenvalue weighted by Crippen LogP contribution is -2.43. The lowest BCUT2D eigenvalue weighted by molar-refractivity contribution is -0.130. The first-order chi connectivity index (χ1) is 12.6. The summed E-state index contributed by atoms with van der Waals surface area (Å²) in [5.41, 5.74) is 0.763. The molecule has 1 aliphatic heterocycles. The van der Waals surface area contributed by atoms with E-state index < -0.39 is 0 Å². The number of piperidine rings is 1. The van der Waals surface area contributed by atoms with Crippen LogP contribution < -0.4 is 4.74 Å². The van der Waals surface area contributed by atoms with Crippen LogP contribution in [-0.2, 0) is 4.79 Å². The summed E-state index contributed by atoms with van der Waals surface area (Å²) in [6.07, 6.45) is 1.18. The van der Waals surface area contributed by atoms with Gasteiger partial charge in [-0.3, -0.25) is 4.79 Å². The van der Waals surface area contributed by atoms with E-state index in [1.165, 1.54) is 18.2 Å². The number of carbonyl (C=O) groups excluding carboxylic acids is 1. The zero-order valence-electron chi connectivity index (χ0n) is 15.5. The summed E-state index contributed by atoms with van der Waals surface area (Å²) in [6.45, 7) is 8.56. The number of likely N-dealkylation sites (tertiary alicyclic amines) is 1. The van der Waals surface area contributed by atoms with Gasteiger partial charge in [0.1, 0.15) is 5.75 Å². The SMILES string of the molecule is CCOc1ccccc1-c1nnc(SCC(=O)N2CC(C)CC(C)C2)o1. The Kier molecular flexibility index (Phi) is 6.19. The molecule has 1 fully saturated rings. The molecule has 1 aliphatic rings. The number of hydrogen-bond donors (Lipinski definition) is 0.